The number of halogens is 1. The summed E-state index contributed by atoms with van der Waals surface area (Å²) in [6.07, 6.45) is 4.17. The summed E-state index contributed by atoms with van der Waals surface area (Å²) in [6, 6.07) is -1.89. The fraction of sp³-hybridized carbons (Fsp3) is 0.762. The van der Waals surface area contributed by atoms with Crippen LogP contribution in [-0.2, 0) is 19.2 Å². The van der Waals surface area contributed by atoms with Gasteiger partial charge in [-0.3, -0.25) is 24.0 Å². The minimum absolute atomic E-state index is 0.105. The molecular formula is C21H35ClN6O5. The number of nitrogens with one attached hydrogen (secondary N) is 3. The third-order valence-corrected chi connectivity index (χ3v) is 6.25. The van der Waals surface area contributed by atoms with Crippen molar-refractivity contribution in [3.8, 4) is 0 Å². The van der Waals surface area contributed by atoms with Crippen molar-refractivity contribution in [2.45, 2.75) is 70.0 Å². The summed E-state index contributed by atoms with van der Waals surface area (Å²) in [7, 11) is 0. The Kier molecular flexibility index (Phi) is 10.9. The number of amides is 5. The van der Waals surface area contributed by atoms with Gasteiger partial charge in [0.1, 0.15) is 18.1 Å². The van der Waals surface area contributed by atoms with Crippen LogP contribution in [0.5, 0.6) is 0 Å². The van der Waals surface area contributed by atoms with Gasteiger partial charge in [0.25, 0.3) is 0 Å². The molecule has 0 spiro atoms. The second-order valence-electron chi connectivity index (χ2n) is 8.40. The number of rotatable bonds is 11. The van der Waals surface area contributed by atoms with Gasteiger partial charge >= 0.3 is 5.37 Å². The minimum Gasteiger partial charge on any atom is -0.354 e. The summed E-state index contributed by atoms with van der Waals surface area (Å²) in [6.45, 7) is 3.43. The fourth-order valence-corrected chi connectivity index (χ4v) is 4.53. The maximum Gasteiger partial charge on any atom is 0.317 e. The molecule has 2 heterocycles. The average Bonchev–Trinajstić information content (AvgIpc) is 3.46. The van der Waals surface area contributed by atoms with E-state index in [1.807, 2.05) is 0 Å². The highest BCUT2D eigenvalue weighted by molar-refractivity contribution is 6.63. The van der Waals surface area contributed by atoms with Crippen molar-refractivity contribution >= 4 is 40.6 Å². The number of carbonyl (C=O) groups excluding carboxylic acids is 5. The van der Waals surface area contributed by atoms with Crippen LogP contribution in [0.15, 0.2) is 0 Å². The largest absolute Gasteiger partial charge is 0.354 e. The third-order valence-electron chi connectivity index (χ3n) is 6.04. The monoisotopic (exact) mass is 486 g/mol. The van der Waals surface area contributed by atoms with Crippen molar-refractivity contribution in [3.63, 3.8) is 0 Å². The van der Waals surface area contributed by atoms with Crippen LogP contribution in [0.1, 0.15) is 51.9 Å². The van der Waals surface area contributed by atoms with Gasteiger partial charge in [0.05, 0.1) is 0 Å². The molecular weight excluding hydrogens is 452 g/mol. The molecule has 0 aromatic heterocycles. The lowest BCUT2D eigenvalue weighted by Gasteiger charge is -2.25. The zero-order valence-electron chi connectivity index (χ0n) is 19.1. The SMILES string of the molecule is CC(=O)N1CCCC1C(=O)NCCCCC(NC(=O)C1CCCN1C(=O)Cl)C(=O)NCCN. The Morgan fingerprint density at radius 3 is 2.18 bits per heavy atom. The van der Waals surface area contributed by atoms with Gasteiger partial charge in [-0.2, -0.15) is 0 Å². The Hall–Kier alpha value is -2.40. The van der Waals surface area contributed by atoms with Crippen LogP contribution in [-0.4, -0.2) is 89.6 Å². The van der Waals surface area contributed by atoms with E-state index in [0.717, 1.165) is 6.42 Å². The number of unbranched alkanes of at least 4 members (excludes halogenated alkanes) is 1. The molecule has 33 heavy (non-hydrogen) atoms. The molecule has 186 valence electrons. The second-order valence-corrected chi connectivity index (χ2v) is 8.73. The molecule has 11 nitrogen and oxygen atoms in total. The number of hydrogen-bond acceptors (Lipinski definition) is 6. The molecule has 0 aromatic carbocycles. The normalized spacial score (nSPS) is 20.9. The standard InChI is InChI=1S/C21H35ClN6O5/c1-14(29)27-12-4-7-16(27)19(31)24-10-3-2-6-15(18(30)25-11-9-23)26-20(32)17-8-5-13-28(17)21(22)33/h15-17H,2-13,23H2,1H3,(H,24,31)(H,25,30)(H,26,32). The topological polar surface area (TPSA) is 154 Å². The lowest BCUT2D eigenvalue weighted by molar-refractivity contribution is -0.136. The van der Waals surface area contributed by atoms with Crippen LogP contribution < -0.4 is 21.7 Å². The summed E-state index contributed by atoms with van der Waals surface area (Å²) in [5, 5.41) is 7.59. The first kappa shape index (κ1) is 26.8. The maximum absolute atomic E-state index is 12.7. The van der Waals surface area contributed by atoms with E-state index in [4.69, 9.17) is 17.3 Å². The molecule has 0 aliphatic carbocycles. The van der Waals surface area contributed by atoms with Crippen LogP contribution >= 0.6 is 11.6 Å². The Morgan fingerprint density at radius 2 is 1.58 bits per heavy atom. The highest BCUT2D eigenvalue weighted by Gasteiger charge is 2.35. The smallest absolute Gasteiger partial charge is 0.317 e. The summed E-state index contributed by atoms with van der Waals surface area (Å²) in [5.41, 5.74) is 5.45. The molecule has 2 saturated heterocycles. The maximum atomic E-state index is 12.7. The van der Waals surface area contributed by atoms with Crippen molar-refractivity contribution in [1.82, 2.24) is 25.8 Å². The lowest BCUT2D eigenvalue weighted by atomic mass is 10.1. The van der Waals surface area contributed by atoms with Crippen molar-refractivity contribution in [2.24, 2.45) is 5.73 Å². The number of likely N-dealkylation sites (tertiary alicyclic amines) is 2. The van der Waals surface area contributed by atoms with Gasteiger partial charge in [-0.05, 0) is 56.5 Å². The summed E-state index contributed by atoms with van der Waals surface area (Å²) >= 11 is 5.57. The molecule has 0 saturated carbocycles. The molecule has 2 rings (SSSR count). The van der Waals surface area contributed by atoms with Gasteiger partial charge in [-0.15, -0.1) is 0 Å². The van der Waals surface area contributed by atoms with E-state index in [9.17, 15) is 24.0 Å². The zero-order chi connectivity index (χ0) is 24.4. The molecule has 5 amide bonds. The van der Waals surface area contributed by atoms with E-state index < -0.39 is 29.4 Å². The van der Waals surface area contributed by atoms with E-state index in [-0.39, 0.29) is 30.8 Å². The number of hydrogen-bond donors (Lipinski definition) is 4. The number of nitrogens with zero attached hydrogens (tertiary/aromatic N) is 2. The minimum atomic E-state index is -0.782. The van der Waals surface area contributed by atoms with E-state index in [1.165, 1.54) is 11.8 Å². The first-order chi connectivity index (χ1) is 15.8. The molecule has 5 N–H and O–H groups in total. The van der Waals surface area contributed by atoms with E-state index in [2.05, 4.69) is 16.0 Å². The number of nitrogens with two attached hydrogens (primary N) is 1. The van der Waals surface area contributed by atoms with Gasteiger partial charge in [-0.1, -0.05) is 0 Å². The Balaban J connectivity index is 1.82. The van der Waals surface area contributed by atoms with Crippen LogP contribution in [0.25, 0.3) is 0 Å². The highest BCUT2D eigenvalue weighted by atomic mass is 35.5. The Labute approximate surface area is 199 Å². The van der Waals surface area contributed by atoms with Crippen molar-refractivity contribution < 1.29 is 24.0 Å². The van der Waals surface area contributed by atoms with Gasteiger partial charge in [0, 0.05) is 39.6 Å². The summed E-state index contributed by atoms with van der Waals surface area (Å²) in [4.78, 5) is 63.7. The molecule has 2 fully saturated rings. The van der Waals surface area contributed by atoms with Gasteiger partial charge < -0.3 is 31.5 Å². The van der Waals surface area contributed by atoms with Crippen molar-refractivity contribution in [2.75, 3.05) is 32.7 Å². The van der Waals surface area contributed by atoms with E-state index >= 15 is 0 Å². The summed E-state index contributed by atoms with van der Waals surface area (Å²) < 4.78 is 0. The van der Waals surface area contributed by atoms with Gasteiger partial charge in [0.2, 0.25) is 23.6 Å². The third kappa shape index (κ3) is 7.85. The second kappa shape index (κ2) is 13.3. The van der Waals surface area contributed by atoms with Crippen molar-refractivity contribution in [3.05, 3.63) is 0 Å². The Morgan fingerprint density at radius 1 is 0.939 bits per heavy atom. The first-order valence-electron chi connectivity index (χ1n) is 11.6. The molecule has 0 radical (unpaired) electrons. The molecule has 0 aromatic rings. The zero-order valence-corrected chi connectivity index (χ0v) is 19.9. The van der Waals surface area contributed by atoms with E-state index in [1.54, 1.807) is 4.90 Å². The van der Waals surface area contributed by atoms with Crippen LogP contribution in [0, 0.1) is 0 Å². The quantitative estimate of drug-likeness (QED) is 0.178. The lowest BCUT2D eigenvalue weighted by Crippen LogP contribution is -2.53. The molecule has 2 aliphatic heterocycles. The molecule has 3 unspecified atom stereocenters. The van der Waals surface area contributed by atoms with Crippen molar-refractivity contribution in [1.29, 1.82) is 0 Å². The summed E-state index contributed by atoms with van der Waals surface area (Å²) in [5.74, 6) is -1.03. The first-order valence-corrected chi connectivity index (χ1v) is 11.9. The van der Waals surface area contributed by atoms with Crippen LogP contribution in [0.3, 0.4) is 0 Å². The molecule has 12 heteroatoms. The molecule has 0 bridgehead atoms. The molecule has 2 aliphatic rings. The van der Waals surface area contributed by atoms with Crippen LogP contribution in [0.2, 0.25) is 0 Å². The fourth-order valence-electron chi connectivity index (χ4n) is 4.32. The van der Waals surface area contributed by atoms with Gasteiger partial charge in [0.15, 0.2) is 0 Å². The molecule has 3 atom stereocenters. The Bertz CT molecular complexity index is 736. The highest BCUT2D eigenvalue weighted by Crippen LogP contribution is 2.20. The van der Waals surface area contributed by atoms with Crippen LogP contribution in [0.4, 0.5) is 4.79 Å². The average molecular weight is 487 g/mol. The predicted octanol–water partition coefficient (Wildman–Crippen LogP) is -0.333. The predicted molar refractivity (Wildman–Crippen MR) is 122 cm³/mol. The number of carbonyl (C=O) groups is 5. The van der Waals surface area contributed by atoms with Gasteiger partial charge in [-0.25, -0.2) is 0 Å². The van der Waals surface area contributed by atoms with E-state index in [0.29, 0.717) is 58.2 Å².